The number of aliphatic hydroxyl groups is 5. The van der Waals surface area contributed by atoms with Gasteiger partial charge in [-0.3, -0.25) is 0 Å². The molecular formula is C6H11CoO7+. The molecule has 0 spiro atoms. The molecule has 0 amide bonds. The number of rotatable bonds is 5. The summed E-state index contributed by atoms with van der Waals surface area (Å²) < 4.78 is 0. The number of aliphatic hydroxyl groups excluding tert-OH is 5. The van der Waals surface area contributed by atoms with Gasteiger partial charge in [-0.2, -0.15) is 0 Å². The standard InChI is InChI=1S/C6H12O7.Co/c7-1-2(8)3(9)4(10)5(11)6(12)13;/h2-5,7-11H,1H2,(H,12,13);/q;+2/p-1/t2-,3-,4+,5-;/m1./s1. The van der Waals surface area contributed by atoms with Gasteiger partial charge in [-0.05, 0) is 0 Å². The smallest absolute Gasteiger partial charge is 0.547 e. The molecule has 0 fully saturated rings. The Morgan fingerprint density at radius 3 is 1.86 bits per heavy atom. The fourth-order valence-electron chi connectivity index (χ4n) is 0.662. The molecule has 0 saturated heterocycles. The Morgan fingerprint density at radius 1 is 1.14 bits per heavy atom. The Balaban J connectivity index is 0. The number of hydrogen-bond donors (Lipinski definition) is 5. The molecule has 0 heterocycles. The van der Waals surface area contributed by atoms with E-state index < -0.39 is 37.0 Å². The van der Waals surface area contributed by atoms with Crippen LogP contribution in [0.1, 0.15) is 0 Å². The van der Waals surface area contributed by atoms with Crippen molar-refractivity contribution in [3.8, 4) is 0 Å². The van der Waals surface area contributed by atoms with Crippen LogP contribution in [0.3, 0.4) is 0 Å². The van der Waals surface area contributed by atoms with Crippen LogP contribution in [-0.4, -0.2) is 62.5 Å². The van der Waals surface area contributed by atoms with Gasteiger partial charge in [0.2, 0.25) is 0 Å². The monoisotopic (exact) mass is 254 g/mol. The Labute approximate surface area is 89.8 Å². The number of carboxylic acid groups (broad SMARTS) is 1. The van der Waals surface area contributed by atoms with Crippen LogP contribution in [0.15, 0.2) is 0 Å². The molecule has 85 valence electrons. The van der Waals surface area contributed by atoms with E-state index in [1.807, 2.05) is 0 Å². The summed E-state index contributed by atoms with van der Waals surface area (Å²) in [6, 6.07) is 0. The zero-order valence-corrected chi connectivity index (χ0v) is 7.94. The van der Waals surface area contributed by atoms with Crippen LogP contribution in [0.25, 0.3) is 0 Å². The minimum atomic E-state index is -2.31. The topological polar surface area (TPSA) is 141 Å². The average Bonchev–Trinajstić information content (AvgIpc) is 2.12. The summed E-state index contributed by atoms with van der Waals surface area (Å²) in [4.78, 5) is 9.98. The summed E-state index contributed by atoms with van der Waals surface area (Å²) in [6.45, 7) is -0.863. The first-order valence-corrected chi connectivity index (χ1v) is 3.45. The van der Waals surface area contributed by atoms with E-state index in [1.54, 1.807) is 0 Å². The van der Waals surface area contributed by atoms with Gasteiger partial charge in [-0.15, -0.1) is 0 Å². The molecule has 4 atom stereocenters. The van der Waals surface area contributed by atoms with Crippen LogP contribution in [0.2, 0.25) is 0 Å². The van der Waals surface area contributed by atoms with Crippen LogP contribution in [0.5, 0.6) is 0 Å². The van der Waals surface area contributed by atoms with Crippen molar-refractivity contribution in [1.29, 1.82) is 0 Å². The van der Waals surface area contributed by atoms with Crippen LogP contribution in [0.4, 0.5) is 0 Å². The van der Waals surface area contributed by atoms with Crippen molar-refractivity contribution >= 4 is 5.97 Å². The number of carbonyl (C=O) groups is 1. The van der Waals surface area contributed by atoms with Gasteiger partial charge in [0.1, 0.15) is 24.4 Å². The van der Waals surface area contributed by atoms with E-state index in [2.05, 4.69) is 0 Å². The molecular weight excluding hydrogens is 243 g/mol. The molecule has 0 unspecified atom stereocenters. The third kappa shape index (κ3) is 4.33. The largest absolute Gasteiger partial charge is 2.00 e. The molecule has 0 aliphatic rings. The average molecular weight is 254 g/mol. The van der Waals surface area contributed by atoms with Gasteiger partial charge in [0, 0.05) is 0 Å². The fourth-order valence-corrected chi connectivity index (χ4v) is 0.662. The van der Waals surface area contributed by atoms with E-state index in [0.717, 1.165) is 0 Å². The molecule has 5 N–H and O–H groups in total. The summed E-state index contributed by atoms with van der Waals surface area (Å²) in [5.74, 6) is -1.98. The van der Waals surface area contributed by atoms with E-state index in [-0.39, 0.29) is 16.8 Å². The maximum Gasteiger partial charge on any atom is 2.00 e. The Bertz CT molecular complexity index is 176. The van der Waals surface area contributed by atoms with E-state index in [9.17, 15) is 9.90 Å². The molecule has 0 aliphatic carbocycles. The third-order valence-corrected chi connectivity index (χ3v) is 1.50. The summed E-state index contributed by atoms with van der Waals surface area (Å²) in [5, 5.41) is 53.4. The predicted molar refractivity (Wildman–Crippen MR) is 36.1 cm³/mol. The van der Waals surface area contributed by atoms with Gasteiger partial charge in [0.25, 0.3) is 0 Å². The minimum Gasteiger partial charge on any atom is -0.547 e. The normalized spacial score (nSPS) is 18.9. The molecule has 14 heavy (non-hydrogen) atoms. The Morgan fingerprint density at radius 2 is 1.57 bits per heavy atom. The van der Waals surface area contributed by atoms with Crippen molar-refractivity contribution in [2.75, 3.05) is 6.61 Å². The van der Waals surface area contributed by atoms with Gasteiger partial charge < -0.3 is 35.4 Å². The Kier molecular flexibility index (Phi) is 8.25. The van der Waals surface area contributed by atoms with Crippen molar-refractivity contribution < 1.29 is 52.2 Å². The molecule has 0 aromatic rings. The maximum absolute atomic E-state index is 9.98. The number of carboxylic acids is 1. The van der Waals surface area contributed by atoms with Gasteiger partial charge in [0.05, 0.1) is 12.6 Å². The first-order chi connectivity index (χ1) is 5.91. The summed E-state index contributed by atoms with van der Waals surface area (Å²) in [6.07, 6.45) is -8.08. The second-order valence-corrected chi connectivity index (χ2v) is 2.49. The molecule has 0 bridgehead atoms. The molecule has 8 heteroatoms. The maximum atomic E-state index is 9.98. The summed E-state index contributed by atoms with van der Waals surface area (Å²) in [5.41, 5.74) is 0. The van der Waals surface area contributed by atoms with Gasteiger partial charge in [-0.1, -0.05) is 0 Å². The van der Waals surface area contributed by atoms with Crippen molar-refractivity contribution in [1.82, 2.24) is 0 Å². The second-order valence-electron chi connectivity index (χ2n) is 2.49. The third-order valence-electron chi connectivity index (χ3n) is 1.50. The van der Waals surface area contributed by atoms with E-state index in [0.29, 0.717) is 0 Å². The molecule has 0 aromatic carbocycles. The Hall–Kier alpha value is -0.224. The zero-order valence-electron chi connectivity index (χ0n) is 6.90. The van der Waals surface area contributed by atoms with Crippen LogP contribution in [0, 0.1) is 0 Å². The number of carbonyl (C=O) groups excluding carboxylic acids is 1. The molecule has 0 aliphatic heterocycles. The molecule has 0 rings (SSSR count). The fraction of sp³-hybridized carbons (Fsp3) is 0.833. The molecule has 7 nitrogen and oxygen atoms in total. The number of hydrogen-bond acceptors (Lipinski definition) is 7. The first-order valence-electron chi connectivity index (χ1n) is 3.45. The van der Waals surface area contributed by atoms with Crippen molar-refractivity contribution in [3.63, 3.8) is 0 Å². The molecule has 0 aromatic heterocycles. The van der Waals surface area contributed by atoms with Gasteiger partial charge >= 0.3 is 16.8 Å². The van der Waals surface area contributed by atoms with Gasteiger partial charge in [0.15, 0.2) is 0 Å². The predicted octanol–water partition coefficient (Wildman–Crippen LogP) is -4.83. The van der Waals surface area contributed by atoms with Crippen molar-refractivity contribution in [3.05, 3.63) is 0 Å². The summed E-state index contributed by atoms with van der Waals surface area (Å²) in [7, 11) is 0. The molecule has 1 radical (unpaired) electrons. The van der Waals surface area contributed by atoms with Crippen molar-refractivity contribution in [2.45, 2.75) is 24.4 Å². The van der Waals surface area contributed by atoms with Crippen LogP contribution >= 0.6 is 0 Å². The van der Waals surface area contributed by atoms with Crippen molar-refractivity contribution in [2.24, 2.45) is 0 Å². The zero-order chi connectivity index (χ0) is 10.6. The minimum absolute atomic E-state index is 0. The van der Waals surface area contributed by atoms with E-state index in [1.165, 1.54) is 0 Å². The number of aliphatic carboxylic acids is 1. The first kappa shape index (κ1) is 16.2. The molecule has 0 saturated carbocycles. The van der Waals surface area contributed by atoms with Crippen LogP contribution in [-0.2, 0) is 21.6 Å². The SMILES string of the molecule is O=C([O-])[C@H](O)[C@@H](O)[C@H](O)[C@H](O)CO.[Co+2]. The van der Waals surface area contributed by atoms with Gasteiger partial charge in [-0.25, -0.2) is 0 Å². The van der Waals surface area contributed by atoms with E-state index >= 15 is 0 Å². The second kappa shape index (κ2) is 7.12. The summed E-state index contributed by atoms with van der Waals surface area (Å²) >= 11 is 0. The van der Waals surface area contributed by atoms with E-state index in [4.69, 9.17) is 25.5 Å². The quantitative estimate of drug-likeness (QED) is 0.331. The van der Waals surface area contributed by atoms with Crippen LogP contribution < -0.4 is 5.11 Å².